The Bertz CT molecular complexity index is 971. The number of aromatic nitrogens is 4. The highest BCUT2D eigenvalue weighted by atomic mass is 19.4. The first-order valence-corrected chi connectivity index (χ1v) is 10.7. The molecular formula is C20H21F6N5O4. The highest BCUT2D eigenvalue weighted by Gasteiger charge is 2.43. The molecule has 1 N–H and O–H groups in total. The van der Waals surface area contributed by atoms with Gasteiger partial charge in [0, 0.05) is 24.2 Å². The molecule has 0 spiro atoms. The summed E-state index contributed by atoms with van der Waals surface area (Å²) in [5.41, 5.74) is 0.540. The summed E-state index contributed by atoms with van der Waals surface area (Å²) in [6, 6.07) is 1.18. The molecule has 2 fully saturated rings. The molecule has 0 unspecified atom stereocenters. The summed E-state index contributed by atoms with van der Waals surface area (Å²) in [5.74, 6) is -0.469. The van der Waals surface area contributed by atoms with Crippen LogP contribution >= 0.6 is 0 Å². The van der Waals surface area contributed by atoms with Crippen molar-refractivity contribution >= 4 is 11.5 Å². The van der Waals surface area contributed by atoms with Gasteiger partial charge in [0.25, 0.3) is 5.91 Å². The van der Waals surface area contributed by atoms with Crippen LogP contribution in [0.3, 0.4) is 0 Å². The number of nitrogens with zero attached hydrogens (tertiary/aromatic N) is 4. The number of alkyl halides is 6. The lowest BCUT2D eigenvalue weighted by molar-refractivity contribution is -0.354. The quantitative estimate of drug-likeness (QED) is 0.507. The third-order valence-corrected chi connectivity index (χ3v) is 5.79. The van der Waals surface area contributed by atoms with Gasteiger partial charge in [0.05, 0.1) is 18.2 Å². The Hall–Kier alpha value is -2.94. The zero-order valence-corrected chi connectivity index (χ0v) is 18.1. The maximum absolute atomic E-state index is 12.3. The van der Waals surface area contributed by atoms with Gasteiger partial charge in [0.1, 0.15) is 5.69 Å². The fourth-order valence-electron chi connectivity index (χ4n) is 3.82. The molecule has 192 valence electrons. The van der Waals surface area contributed by atoms with Gasteiger partial charge in [-0.2, -0.15) is 5.10 Å². The van der Waals surface area contributed by atoms with E-state index in [1.807, 2.05) is 0 Å². The predicted molar refractivity (Wildman–Crippen MR) is 105 cm³/mol. The van der Waals surface area contributed by atoms with Crippen molar-refractivity contribution in [2.75, 3.05) is 6.54 Å². The van der Waals surface area contributed by atoms with Gasteiger partial charge in [-0.1, -0.05) is 6.58 Å². The predicted octanol–water partition coefficient (Wildman–Crippen LogP) is 4.12. The third-order valence-electron chi connectivity index (χ3n) is 5.79. The molecule has 0 saturated heterocycles. The number of amides is 1. The first kappa shape index (κ1) is 25.2. The average Bonchev–Trinajstić information content (AvgIpc) is 3.35. The topological polar surface area (TPSA) is 104 Å². The molecule has 9 nitrogen and oxygen atoms in total. The summed E-state index contributed by atoms with van der Waals surface area (Å²) in [7, 11) is 0. The smallest absolute Gasteiger partial charge is 0.421 e. The fourth-order valence-corrected chi connectivity index (χ4v) is 3.82. The van der Waals surface area contributed by atoms with Crippen LogP contribution in [0.1, 0.15) is 66.3 Å². The number of carbonyl (C=O) groups is 1. The molecule has 2 aliphatic carbocycles. The molecule has 35 heavy (non-hydrogen) atoms. The number of ether oxygens (including phenoxy) is 2. The van der Waals surface area contributed by atoms with E-state index in [9.17, 15) is 31.1 Å². The number of halogens is 6. The molecule has 2 aromatic rings. The standard InChI is InChI=1S/C20H21F6N5O4/c1-10(17-28-29-18(33-17)11-6-13(7-11)34-19(21,22)23)2-4-27-16(32)15-3-5-31(30-15)12-8-14(9-12)35-20(24,25)26/h3,5,11-14H,1-2,4,6-9H2,(H,27,32)/t11-,12-,13+,14+. The SMILES string of the molecule is C=C(CCNC(=O)c1ccn([C@H]2C[C@@H](OC(F)(F)F)C2)n1)c1nnc([C@H]2C[C@@H](OC(F)(F)F)C2)o1. The van der Waals surface area contributed by atoms with Crippen LogP contribution in [0, 0.1) is 0 Å². The minimum Gasteiger partial charge on any atom is -0.421 e. The van der Waals surface area contributed by atoms with Gasteiger partial charge < -0.3 is 9.73 Å². The van der Waals surface area contributed by atoms with Gasteiger partial charge >= 0.3 is 12.7 Å². The van der Waals surface area contributed by atoms with E-state index in [2.05, 4.69) is 36.7 Å². The highest BCUT2D eigenvalue weighted by Crippen LogP contribution is 2.41. The molecule has 4 rings (SSSR count). The summed E-state index contributed by atoms with van der Waals surface area (Å²) in [6.45, 7) is 3.98. The van der Waals surface area contributed by atoms with Crippen molar-refractivity contribution in [3.05, 3.63) is 36.3 Å². The van der Waals surface area contributed by atoms with Crippen molar-refractivity contribution in [3.8, 4) is 0 Å². The zero-order chi connectivity index (χ0) is 25.4. The summed E-state index contributed by atoms with van der Waals surface area (Å²) in [4.78, 5) is 12.3. The second-order valence-corrected chi connectivity index (χ2v) is 8.40. The fraction of sp³-hybridized carbons (Fsp3) is 0.600. The Morgan fingerprint density at radius 1 is 1.09 bits per heavy atom. The van der Waals surface area contributed by atoms with Crippen LogP contribution in [0.15, 0.2) is 23.3 Å². The van der Waals surface area contributed by atoms with Crippen LogP contribution in [-0.4, -0.2) is 57.4 Å². The molecule has 0 bridgehead atoms. The molecule has 0 aromatic carbocycles. The molecule has 0 atom stereocenters. The monoisotopic (exact) mass is 509 g/mol. The van der Waals surface area contributed by atoms with E-state index in [1.54, 1.807) is 0 Å². The second kappa shape index (κ2) is 9.60. The van der Waals surface area contributed by atoms with E-state index >= 15 is 0 Å². The number of carbonyl (C=O) groups excluding carboxylic acids is 1. The van der Waals surface area contributed by atoms with E-state index in [0.717, 1.165) is 0 Å². The minimum atomic E-state index is -4.68. The molecule has 0 aliphatic heterocycles. The number of nitrogens with one attached hydrogen (secondary N) is 1. The van der Waals surface area contributed by atoms with Crippen molar-refractivity contribution < 1.29 is 45.0 Å². The number of hydrogen-bond acceptors (Lipinski definition) is 7. The Labute approximate surface area is 194 Å². The van der Waals surface area contributed by atoms with Crippen molar-refractivity contribution in [2.45, 2.75) is 69.0 Å². The Balaban J connectivity index is 1.17. The molecule has 15 heteroatoms. The number of hydrogen-bond donors (Lipinski definition) is 1. The van der Waals surface area contributed by atoms with Crippen LogP contribution in [0.5, 0.6) is 0 Å². The maximum Gasteiger partial charge on any atom is 0.522 e. The molecule has 2 saturated carbocycles. The summed E-state index contributed by atoms with van der Waals surface area (Å²) < 4.78 is 88.1. The van der Waals surface area contributed by atoms with E-state index in [4.69, 9.17) is 4.42 Å². The van der Waals surface area contributed by atoms with E-state index < -0.39 is 30.8 Å². The summed E-state index contributed by atoms with van der Waals surface area (Å²) in [6.07, 6.45) is -8.91. The van der Waals surface area contributed by atoms with Gasteiger partial charge in [-0.25, -0.2) is 0 Å². The zero-order valence-electron chi connectivity index (χ0n) is 18.1. The van der Waals surface area contributed by atoms with E-state index in [-0.39, 0.29) is 68.1 Å². The molecular weight excluding hydrogens is 488 g/mol. The molecule has 2 aromatic heterocycles. The molecule has 1 amide bonds. The van der Waals surface area contributed by atoms with Crippen molar-refractivity contribution in [1.82, 2.24) is 25.3 Å². The minimum absolute atomic E-state index is 0.108. The lowest BCUT2D eigenvalue weighted by Gasteiger charge is -2.35. The normalized spacial score (nSPS) is 24.5. The van der Waals surface area contributed by atoms with Gasteiger partial charge in [0.15, 0.2) is 0 Å². The van der Waals surface area contributed by atoms with Crippen LogP contribution in [-0.2, 0) is 9.47 Å². The lowest BCUT2D eigenvalue weighted by Crippen LogP contribution is -2.37. The van der Waals surface area contributed by atoms with Gasteiger partial charge in [-0.3, -0.25) is 19.0 Å². The summed E-state index contributed by atoms with van der Waals surface area (Å²) in [5, 5.41) is 14.5. The van der Waals surface area contributed by atoms with Crippen LogP contribution in [0.25, 0.3) is 5.57 Å². The van der Waals surface area contributed by atoms with Gasteiger partial charge in [0.2, 0.25) is 11.8 Å². The maximum atomic E-state index is 12.3. The van der Waals surface area contributed by atoms with Gasteiger partial charge in [-0.15, -0.1) is 36.5 Å². The Morgan fingerprint density at radius 3 is 2.34 bits per heavy atom. The van der Waals surface area contributed by atoms with Crippen molar-refractivity contribution in [2.24, 2.45) is 0 Å². The van der Waals surface area contributed by atoms with E-state index in [0.29, 0.717) is 5.57 Å². The number of rotatable bonds is 9. The molecule has 2 aliphatic rings. The van der Waals surface area contributed by atoms with Crippen LogP contribution < -0.4 is 5.32 Å². The lowest BCUT2D eigenvalue weighted by atomic mass is 9.82. The Kier molecular flexibility index (Phi) is 6.90. The average molecular weight is 509 g/mol. The Morgan fingerprint density at radius 2 is 1.71 bits per heavy atom. The first-order chi connectivity index (χ1) is 16.4. The van der Waals surface area contributed by atoms with Crippen molar-refractivity contribution in [1.29, 1.82) is 0 Å². The molecule has 0 radical (unpaired) electrons. The second-order valence-electron chi connectivity index (χ2n) is 8.40. The third kappa shape index (κ3) is 6.60. The highest BCUT2D eigenvalue weighted by molar-refractivity contribution is 5.92. The van der Waals surface area contributed by atoms with Crippen LogP contribution in [0.2, 0.25) is 0 Å². The van der Waals surface area contributed by atoms with Crippen LogP contribution in [0.4, 0.5) is 26.3 Å². The van der Waals surface area contributed by atoms with E-state index in [1.165, 1.54) is 16.9 Å². The van der Waals surface area contributed by atoms with Gasteiger partial charge in [-0.05, 0) is 38.2 Å². The summed E-state index contributed by atoms with van der Waals surface area (Å²) >= 11 is 0. The molecule has 2 heterocycles. The largest absolute Gasteiger partial charge is 0.522 e. The van der Waals surface area contributed by atoms with Crippen molar-refractivity contribution in [3.63, 3.8) is 0 Å². The first-order valence-electron chi connectivity index (χ1n) is 10.7.